The molecule has 2 N–H and O–H groups in total. The fourth-order valence-corrected chi connectivity index (χ4v) is 3.55. The molecule has 1 amide bonds. The molecule has 1 aromatic carbocycles. The number of nitrogens with one attached hydrogen (secondary N) is 2. The van der Waals surface area contributed by atoms with E-state index in [2.05, 4.69) is 50.5 Å². The molecule has 6 nitrogen and oxygen atoms in total. The van der Waals surface area contributed by atoms with E-state index in [1.54, 1.807) is 4.90 Å². The number of halogens is 1. The van der Waals surface area contributed by atoms with Gasteiger partial charge in [-0.1, -0.05) is 17.7 Å². The molecule has 1 fully saturated rings. The van der Waals surface area contributed by atoms with E-state index in [0.717, 1.165) is 25.3 Å². The van der Waals surface area contributed by atoms with Crippen molar-refractivity contribution < 1.29 is 9.53 Å². The van der Waals surface area contributed by atoms with Gasteiger partial charge < -0.3 is 20.3 Å². The van der Waals surface area contributed by atoms with Gasteiger partial charge in [-0.25, -0.2) is 9.79 Å². The van der Waals surface area contributed by atoms with E-state index < -0.39 is 0 Å². The molecule has 2 rings (SSSR count). The normalized spacial score (nSPS) is 15.0. The maximum absolute atomic E-state index is 11.8. The first-order valence-electron chi connectivity index (χ1n) is 9.97. The molecule has 0 spiro atoms. The Kier molecular flexibility index (Phi) is 10.6. The molecule has 0 aromatic heterocycles. The number of hydrogen-bond acceptors (Lipinski definition) is 3. The monoisotopic (exact) mass is 502 g/mol. The summed E-state index contributed by atoms with van der Waals surface area (Å²) in [6.45, 7) is 13.7. The van der Waals surface area contributed by atoms with Crippen LogP contribution in [-0.4, -0.2) is 49.2 Å². The Morgan fingerprint density at radius 2 is 1.79 bits per heavy atom. The highest BCUT2D eigenvalue weighted by molar-refractivity contribution is 14.0. The Morgan fingerprint density at radius 1 is 1.18 bits per heavy atom. The standard InChI is InChI=1S/C21H34N4O2.HI/c1-6-22-20(23-14-19-16(4)12-15(3)13-17(19)5)24-18-8-10-25(11-9-18)21(26)27-7-2;/h12-13,18H,6-11,14H2,1-5H3,(H2,22,23,24);1H. The summed E-state index contributed by atoms with van der Waals surface area (Å²) in [4.78, 5) is 18.4. The van der Waals surface area contributed by atoms with Gasteiger partial charge in [0.05, 0.1) is 13.2 Å². The third kappa shape index (κ3) is 7.14. The second kappa shape index (κ2) is 12.1. The zero-order valence-electron chi connectivity index (χ0n) is 17.8. The van der Waals surface area contributed by atoms with E-state index >= 15 is 0 Å². The molecule has 1 aromatic rings. The lowest BCUT2D eigenvalue weighted by Crippen LogP contribution is -2.49. The summed E-state index contributed by atoms with van der Waals surface area (Å²) in [6.07, 6.45) is 1.58. The van der Waals surface area contributed by atoms with Crippen LogP contribution in [0.5, 0.6) is 0 Å². The van der Waals surface area contributed by atoms with Gasteiger partial charge in [0.25, 0.3) is 0 Å². The van der Waals surface area contributed by atoms with E-state index in [1.807, 2.05) is 6.92 Å². The number of aliphatic imine (C=N–C) groups is 1. The minimum Gasteiger partial charge on any atom is -0.450 e. The van der Waals surface area contributed by atoms with Crippen LogP contribution >= 0.6 is 24.0 Å². The maximum atomic E-state index is 11.8. The van der Waals surface area contributed by atoms with Gasteiger partial charge in [0.15, 0.2) is 5.96 Å². The average molecular weight is 502 g/mol. The Balaban J connectivity index is 0.00000392. The first kappa shape index (κ1) is 24.5. The molecule has 1 saturated heterocycles. The number of amides is 1. The Hall–Kier alpha value is -1.51. The molecule has 1 aliphatic rings. The van der Waals surface area contributed by atoms with Gasteiger partial charge in [-0.05, 0) is 64.2 Å². The van der Waals surface area contributed by atoms with Crippen molar-refractivity contribution >= 4 is 36.0 Å². The van der Waals surface area contributed by atoms with E-state index in [1.165, 1.54) is 22.3 Å². The fraction of sp³-hybridized carbons (Fsp3) is 0.619. The molecule has 0 saturated carbocycles. The Labute approximate surface area is 186 Å². The number of likely N-dealkylation sites (tertiary alicyclic amines) is 1. The van der Waals surface area contributed by atoms with Crippen LogP contribution in [-0.2, 0) is 11.3 Å². The average Bonchev–Trinajstić information content (AvgIpc) is 2.61. The summed E-state index contributed by atoms with van der Waals surface area (Å²) in [5, 5.41) is 6.87. The van der Waals surface area contributed by atoms with Gasteiger partial charge in [0.1, 0.15) is 0 Å². The number of nitrogens with zero attached hydrogens (tertiary/aromatic N) is 2. The molecular weight excluding hydrogens is 467 g/mol. The van der Waals surface area contributed by atoms with E-state index in [-0.39, 0.29) is 30.1 Å². The van der Waals surface area contributed by atoms with Gasteiger partial charge in [-0.2, -0.15) is 0 Å². The highest BCUT2D eigenvalue weighted by Crippen LogP contribution is 2.17. The van der Waals surface area contributed by atoms with Crippen molar-refractivity contribution in [2.24, 2.45) is 4.99 Å². The van der Waals surface area contributed by atoms with Crippen LogP contribution < -0.4 is 10.6 Å². The molecule has 28 heavy (non-hydrogen) atoms. The summed E-state index contributed by atoms with van der Waals surface area (Å²) >= 11 is 0. The third-order valence-electron chi connectivity index (χ3n) is 4.94. The summed E-state index contributed by atoms with van der Waals surface area (Å²) in [6, 6.07) is 4.74. The predicted molar refractivity (Wildman–Crippen MR) is 126 cm³/mol. The Bertz CT molecular complexity index is 647. The molecule has 0 unspecified atom stereocenters. The second-order valence-electron chi connectivity index (χ2n) is 7.18. The van der Waals surface area contributed by atoms with Gasteiger partial charge in [-0.15, -0.1) is 24.0 Å². The minimum absolute atomic E-state index is 0. The quantitative estimate of drug-likeness (QED) is 0.364. The topological polar surface area (TPSA) is 66.0 Å². The molecule has 0 radical (unpaired) electrons. The van der Waals surface area contributed by atoms with Crippen LogP contribution in [0, 0.1) is 20.8 Å². The highest BCUT2D eigenvalue weighted by Gasteiger charge is 2.24. The number of carbonyl (C=O) groups excluding carboxylic acids is 1. The maximum Gasteiger partial charge on any atom is 0.409 e. The molecule has 1 heterocycles. The van der Waals surface area contributed by atoms with Crippen LogP contribution in [0.2, 0.25) is 0 Å². The number of aryl methyl sites for hydroxylation is 3. The predicted octanol–water partition coefficient (Wildman–Crippen LogP) is 3.91. The third-order valence-corrected chi connectivity index (χ3v) is 4.94. The molecular formula is C21H35IN4O2. The number of piperidine rings is 1. The number of hydrogen-bond donors (Lipinski definition) is 2. The molecule has 0 bridgehead atoms. The number of rotatable bonds is 5. The SMILES string of the molecule is CCNC(=NCc1c(C)cc(C)cc1C)NC1CCN(C(=O)OCC)CC1.I. The van der Waals surface area contributed by atoms with Crippen molar-refractivity contribution in [1.82, 2.24) is 15.5 Å². The smallest absolute Gasteiger partial charge is 0.409 e. The number of benzene rings is 1. The van der Waals surface area contributed by atoms with Crippen LogP contribution in [0.4, 0.5) is 4.79 Å². The van der Waals surface area contributed by atoms with Crippen molar-refractivity contribution in [3.05, 3.63) is 34.4 Å². The fourth-order valence-electron chi connectivity index (χ4n) is 3.55. The molecule has 1 aliphatic heterocycles. The van der Waals surface area contributed by atoms with Gasteiger partial charge in [-0.3, -0.25) is 0 Å². The molecule has 0 atom stereocenters. The zero-order chi connectivity index (χ0) is 19.8. The van der Waals surface area contributed by atoms with E-state index in [4.69, 9.17) is 9.73 Å². The molecule has 7 heteroatoms. The minimum atomic E-state index is -0.207. The first-order chi connectivity index (χ1) is 12.9. The van der Waals surface area contributed by atoms with Crippen LogP contribution in [0.15, 0.2) is 17.1 Å². The number of carbonyl (C=O) groups is 1. The lowest BCUT2D eigenvalue weighted by Gasteiger charge is -2.32. The first-order valence-corrected chi connectivity index (χ1v) is 9.97. The lowest BCUT2D eigenvalue weighted by molar-refractivity contribution is 0.0963. The van der Waals surface area contributed by atoms with Crippen LogP contribution in [0.25, 0.3) is 0 Å². The highest BCUT2D eigenvalue weighted by atomic mass is 127. The van der Waals surface area contributed by atoms with E-state index in [9.17, 15) is 4.79 Å². The zero-order valence-corrected chi connectivity index (χ0v) is 20.1. The molecule has 0 aliphatic carbocycles. The van der Waals surface area contributed by atoms with Crippen LogP contribution in [0.3, 0.4) is 0 Å². The Morgan fingerprint density at radius 3 is 2.32 bits per heavy atom. The largest absolute Gasteiger partial charge is 0.450 e. The van der Waals surface area contributed by atoms with Gasteiger partial charge >= 0.3 is 6.09 Å². The second-order valence-corrected chi connectivity index (χ2v) is 7.18. The van der Waals surface area contributed by atoms with Crippen molar-refractivity contribution in [3.8, 4) is 0 Å². The van der Waals surface area contributed by atoms with Gasteiger partial charge in [0.2, 0.25) is 0 Å². The molecule has 158 valence electrons. The summed E-state index contributed by atoms with van der Waals surface area (Å²) in [7, 11) is 0. The summed E-state index contributed by atoms with van der Waals surface area (Å²) in [5.41, 5.74) is 5.15. The summed E-state index contributed by atoms with van der Waals surface area (Å²) < 4.78 is 5.09. The van der Waals surface area contributed by atoms with Crippen molar-refractivity contribution in [3.63, 3.8) is 0 Å². The van der Waals surface area contributed by atoms with Crippen molar-refractivity contribution in [1.29, 1.82) is 0 Å². The van der Waals surface area contributed by atoms with Crippen LogP contribution in [0.1, 0.15) is 48.9 Å². The van der Waals surface area contributed by atoms with Crippen molar-refractivity contribution in [2.75, 3.05) is 26.2 Å². The summed E-state index contributed by atoms with van der Waals surface area (Å²) in [5.74, 6) is 0.839. The van der Waals surface area contributed by atoms with E-state index in [0.29, 0.717) is 32.3 Å². The number of ether oxygens (including phenoxy) is 1. The number of guanidine groups is 1. The van der Waals surface area contributed by atoms with Crippen molar-refractivity contribution in [2.45, 2.75) is 60.0 Å². The lowest BCUT2D eigenvalue weighted by atomic mass is 10.00. The van der Waals surface area contributed by atoms with Gasteiger partial charge in [0, 0.05) is 25.7 Å².